The van der Waals surface area contributed by atoms with Crippen LogP contribution in [0.25, 0.3) is 5.65 Å². The first kappa shape index (κ1) is 13.8. The second-order valence-corrected chi connectivity index (χ2v) is 5.35. The fraction of sp³-hybridized carbons (Fsp3) is 0.400. The maximum atomic E-state index is 12.5. The number of hydrogen-bond acceptors (Lipinski definition) is 4. The third-order valence-corrected chi connectivity index (χ3v) is 3.91. The van der Waals surface area contributed by atoms with Crippen LogP contribution in [0.15, 0.2) is 35.4 Å². The lowest BCUT2D eigenvalue weighted by Crippen LogP contribution is -2.43. The summed E-state index contributed by atoms with van der Waals surface area (Å²) in [6, 6.07) is 5.24. The Labute approximate surface area is 121 Å². The number of amides is 1. The zero-order valence-corrected chi connectivity index (χ0v) is 11.6. The van der Waals surface area contributed by atoms with Gasteiger partial charge in [-0.15, -0.1) is 0 Å². The molecule has 0 spiro atoms. The molecular weight excluding hydrogens is 270 g/mol. The quantitative estimate of drug-likeness (QED) is 0.874. The topological polar surface area (TPSA) is 74.9 Å². The molecule has 0 aliphatic carbocycles. The van der Waals surface area contributed by atoms with E-state index in [1.807, 2.05) is 0 Å². The highest BCUT2D eigenvalue weighted by Gasteiger charge is 2.26. The van der Waals surface area contributed by atoms with Gasteiger partial charge in [0.05, 0.1) is 0 Å². The van der Waals surface area contributed by atoms with E-state index in [9.17, 15) is 14.7 Å². The lowest BCUT2D eigenvalue weighted by molar-refractivity contribution is 0.0618. The molecule has 110 valence electrons. The monoisotopic (exact) mass is 287 g/mol. The second-order valence-electron chi connectivity index (χ2n) is 5.35. The molecule has 1 atom stereocenters. The zero-order valence-electron chi connectivity index (χ0n) is 11.6. The van der Waals surface area contributed by atoms with Gasteiger partial charge in [0.2, 0.25) is 0 Å². The molecule has 2 aromatic rings. The Morgan fingerprint density at radius 2 is 2.29 bits per heavy atom. The van der Waals surface area contributed by atoms with Gasteiger partial charge in [0.15, 0.2) is 0 Å². The number of hydrogen-bond donors (Lipinski definition) is 1. The molecule has 1 fully saturated rings. The van der Waals surface area contributed by atoms with E-state index < -0.39 is 0 Å². The Hall–Kier alpha value is -2.21. The Bertz CT molecular complexity index is 725. The van der Waals surface area contributed by atoms with Crippen LogP contribution in [0.4, 0.5) is 0 Å². The molecule has 6 nitrogen and oxygen atoms in total. The minimum atomic E-state index is -0.350. The molecule has 6 heteroatoms. The van der Waals surface area contributed by atoms with Crippen molar-refractivity contribution in [1.29, 1.82) is 0 Å². The van der Waals surface area contributed by atoms with Crippen LogP contribution in [0.1, 0.15) is 23.2 Å². The molecule has 1 amide bonds. The van der Waals surface area contributed by atoms with Crippen molar-refractivity contribution >= 4 is 11.6 Å². The van der Waals surface area contributed by atoms with Crippen molar-refractivity contribution in [1.82, 2.24) is 14.3 Å². The molecule has 0 bridgehead atoms. The number of aromatic nitrogens is 2. The average Bonchev–Trinajstić information content (AvgIpc) is 2.55. The molecule has 0 radical (unpaired) electrons. The van der Waals surface area contributed by atoms with E-state index in [4.69, 9.17) is 0 Å². The molecular formula is C15H17N3O3. The van der Waals surface area contributed by atoms with Gasteiger partial charge in [-0.05, 0) is 30.9 Å². The fourth-order valence-electron chi connectivity index (χ4n) is 2.74. The Morgan fingerprint density at radius 3 is 3.10 bits per heavy atom. The highest BCUT2D eigenvalue weighted by Crippen LogP contribution is 2.17. The van der Waals surface area contributed by atoms with Gasteiger partial charge >= 0.3 is 0 Å². The van der Waals surface area contributed by atoms with Crippen molar-refractivity contribution in [2.75, 3.05) is 19.7 Å². The Morgan fingerprint density at radius 1 is 1.43 bits per heavy atom. The van der Waals surface area contributed by atoms with Crippen LogP contribution in [0.3, 0.4) is 0 Å². The minimum Gasteiger partial charge on any atom is -0.396 e. The summed E-state index contributed by atoms with van der Waals surface area (Å²) in [6.45, 7) is 1.18. The van der Waals surface area contributed by atoms with Crippen LogP contribution in [-0.4, -0.2) is 45.0 Å². The van der Waals surface area contributed by atoms with Gasteiger partial charge in [-0.25, -0.2) is 4.98 Å². The maximum Gasteiger partial charge on any atom is 0.270 e. The van der Waals surface area contributed by atoms with E-state index in [1.165, 1.54) is 10.6 Å². The smallest absolute Gasteiger partial charge is 0.270 e. The predicted octanol–water partition coefficient (Wildman–Crippen LogP) is 0.539. The maximum absolute atomic E-state index is 12.5. The number of aliphatic hydroxyl groups is 1. The molecule has 1 aliphatic heterocycles. The van der Waals surface area contributed by atoms with Crippen LogP contribution < -0.4 is 5.56 Å². The van der Waals surface area contributed by atoms with Gasteiger partial charge in [-0.3, -0.25) is 14.0 Å². The van der Waals surface area contributed by atoms with Crippen LogP contribution in [0.5, 0.6) is 0 Å². The van der Waals surface area contributed by atoms with Crippen molar-refractivity contribution < 1.29 is 9.90 Å². The molecule has 3 rings (SSSR count). The molecule has 0 aromatic carbocycles. The van der Waals surface area contributed by atoms with Gasteiger partial charge in [0.1, 0.15) is 11.2 Å². The number of pyridine rings is 1. The first-order valence-corrected chi connectivity index (χ1v) is 7.07. The molecule has 1 unspecified atom stereocenters. The SMILES string of the molecule is O=C(c1cnc2ccccn2c1=O)N1CCCC(CO)C1. The molecule has 1 aliphatic rings. The van der Waals surface area contributed by atoms with Crippen LogP contribution in [0, 0.1) is 5.92 Å². The highest BCUT2D eigenvalue weighted by atomic mass is 16.3. The standard InChI is InChI=1S/C15H17N3O3/c19-10-11-4-3-6-17(9-11)14(20)12-8-16-13-5-1-2-7-18(13)15(12)21/h1-2,5,7-8,11,19H,3-4,6,9-10H2. The molecule has 21 heavy (non-hydrogen) atoms. The summed E-state index contributed by atoms with van der Waals surface area (Å²) in [5.41, 5.74) is 0.250. The predicted molar refractivity (Wildman–Crippen MR) is 77.2 cm³/mol. The van der Waals surface area contributed by atoms with Crippen molar-refractivity contribution in [2.24, 2.45) is 5.92 Å². The number of rotatable bonds is 2. The van der Waals surface area contributed by atoms with Crippen LogP contribution in [0.2, 0.25) is 0 Å². The number of carbonyl (C=O) groups is 1. The van der Waals surface area contributed by atoms with Gasteiger partial charge in [0, 0.05) is 32.1 Å². The van der Waals surface area contributed by atoms with Gasteiger partial charge < -0.3 is 10.0 Å². The third-order valence-electron chi connectivity index (χ3n) is 3.91. The number of piperidine rings is 1. The second kappa shape index (κ2) is 5.65. The summed E-state index contributed by atoms with van der Waals surface area (Å²) in [6.07, 6.45) is 4.71. The van der Waals surface area contributed by atoms with Crippen molar-refractivity contribution in [2.45, 2.75) is 12.8 Å². The highest BCUT2D eigenvalue weighted by molar-refractivity contribution is 5.93. The number of carbonyl (C=O) groups excluding carboxylic acids is 1. The van der Waals surface area contributed by atoms with Crippen molar-refractivity contribution in [3.63, 3.8) is 0 Å². The van der Waals surface area contributed by atoms with Gasteiger partial charge in [-0.2, -0.15) is 0 Å². The van der Waals surface area contributed by atoms with Gasteiger partial charge in [0.25, 0.3) is 11.5 Å². The molecule has 1 N–H and O–H groups in total. The number of likely N-dealkylation sites (tertiary alicyclic amines) is 1. The average molecular weight is 287 g/mol. The molecule has 3 heterocycles. The van der Waals surface area contributed by atoms with E-state index in [1.54, 1.807) is 29.3 Å². The summed E-state index contributed by atoms with van der Waals surface area (Å²) in [5, 5.41) is 9.24. The van der Waals surface area contributed by atoms with Crippen LogP contribution >= 0.6 is 0 Å². The van der Waals surface area contributed by atoms with Crippen LogP contribution in [-0.2, 0) is 0 Å². The van der Waals surface area contributed by atoms with E-state index in [0.717, 1.165) is 12.8 Å². The van der Waals surface area contributed by atoms with Crippen molar-refractivity contribution in [3.05, 3.63) is 46.5 Å². The van der Waals surface area contributed by atoms with E-state index >= 15 is 0 Å². The summed E-state index contributed by atoms with van der Waals surface area (Å²) < 4.78 is 1.38. The fourth-order valence-corrected chi connectivity index (χ4v) is 2.74. The van der Waals surface area contributed by atoms with Crippen molar-refractivity contribution in [3.8, 4) is 0 Å². The molecule has 0 saturated carbocycles. The summed E-state index contributed by atoms with van der Waals surface area (Å²) in [4.78, 5) is 30.7. The third kappa shape index (κ3) is 2.54. The lowest BCUT2D eigenvalue weighted by Gasteiger charge is -2.31. The molecule has 1 saturated heterocycles. The summed E-state index contributed by atoms with van der Waals surface area (Å²) in [5.74, 6) is -0.206. The number of nitrogens with zero attached hydrogens (tertiary/aromatic N) is 3. The lowest BCUT2D eigenvalue weighted by atomic mass is 9.98. The largest absolute Gasteiger partial charge is 0.396 e. The zero-order chi connectivity index (χ0) is 14.8. The number of fused-ring (bicyclic) bond motifs is 1. The summed E-state index contributed by atoms with van der Waals surface area (Å²) in [7, 11) is 0. The van der Waals surface area contributed by atoms with E-state index in [2.05, 4.69) is 4.98 Å². The molecule has 2 aromatic heterocycles. The Balaban J connectivity index is 1.94. The van der Waals surface area contributed by atoms with E-state index in [-0.39, 0.29) is 29.6 Å². The minimum absolute atomic E-state index is 0.0682. The first-order valence-electron chi connectivity index (χ1n) is 7.07. The first-order chi connectivity index (χ1) is 10.2. The summed E-state index contributed by atoms with van der Waals surface area (Å²) >= 11 is 0. The normalized spacial score (nSPS) is 18.9. The Kier molecular flexibility index (Phi) is 3.70. The number of aliphatic hydroxyl groups excluding tert-OH is 1. The van der Waals surface area contributed by atoms with Gasteiger partial charge in [-0.1, -0.05) is 6.07 Å². The van der Waals surface area contributed by atoms with E-state index in [0.29, 0.717) is 18.7 Å².